The highest BCUT2D eigenvalue weighted by molar-refractivity contribution is 5.78. The fraction of sp³-hybridized carbons (Fsp3) is 0. The minimum absolute atomic E-state index is 0.188. The van der Waals surface area contributed by atoms with Crippen molar-refractivity contribution in [1.29, 1.82) is 0 Å². The summed E-state index contributed by atoms with van der Waals surface area (Å²) >= 11 is 0. The molecule has 86 valence electrons. The fourth-order valence-corrected chi connectivity index (χ4v) is 1.40. The van der Waals surface area contributed by atoms with E-state index in [0.29, 0.717) is 5.69 Å². The van der Waals surface area contributed by atoms with Gasteiger partial charge in [-0.05, 0) is 12.1 Å². The summed E-state index contributed by atoms with van der Waals surface area (Å²) in [7, 11) is 0. The molecule has 0 unspecified atom stereocenters. The van der Waals surface area contributed by atoms with Gasteiger partial charge in [0.15, 0.2) is 5.75 Å². The van der Waals surface area contributed by atoms with Crippen molar-refractivity contribution in [2.75, 3.05) is 0 Å². The smallest absolute Gasteiger partial charge is 0.224 e. The number of nitrogens with one attached hydrogen (secondary N) is 1. The van der Waals surface area contributed by atoms with Crippen LogP contribution in [0.1, 0.15) is 5.69 Å². The first-order valence-corrected chi connectivity index (χ1v) is 4.77. The molecule has 0 bridgehead atoms. The minimum Gasteiger partial charge on any atom is -0.503 e. The second-order valence-corrected chi connectivity index (χ2v) is 3.27. The van der Waals surface area contributed by atoms with Gasteiger partial charge in [0.25, 0.3) is 0 Å². The topological polar surface area (TPSA) is 98.6 Å². The van der Waals surface area contributed by atoms with Gasteiger partial charge in [-0.1, -0.05) is 11.2 Å². The lowest BCUT2D eigenvalue weighted by Gasteiger charge is -2.04. The van der Waals surface area contributed by atoms with Crippen molar-refractivity contribution in [3.63, 3.8) is 0 Å². The minimum atomic E-state index is -0.570. The van der Waals surface area contributed by atoms with Gasteiger partial charge in [-0.2, -0.15) is 0 Å². The van der Waals surface area contributed by atoms with Crippen LogP contribution in [0.2, 0.25) is 0 Å². The molecule has 3 N–H and O–H groups in total. The number of hydrogen-bond donors (Lipinski definition) is 3. The number of nitrogens with zero attached hydrogens (tertiary/aromatic N) is 2. The van der Waals surface area contributed by atoms with Crippen LogP contribution in [0, 0.1) is 0 Å². The van der Waals surface area contributed by atoms with E-state index in [1.165, 1.54) is 0 Å². The Labute approximate surface area is 95.9 Å². The SMILES string of the molecule is O=c1cc(/C=N/O)[nH]c(-c2ccccn2)c1O. The summed E-state index contributed by atoms with van der Waals surface area (Å²) in [5.74, 6) is -0.418. The Hall–Kier alpha value is -2.63. The molecule has 0 aliphatic heterocycles. The van der Waals surface area contributed by atoms with Crippen LogP contribution in [0.25, 0.3) is 11.4 Å². The van der Waals surface area contributed by atoms with Crippen LogP contribution >= 0.6 is 0 Å². The Morgan fingerprint density at radius 2 is 2.24 bits per heavy atom. The van der Waals surface area contributed by atoms with E-state index in [4.69, 9.17) is 5.21 Å². The standard InChI is InChI=1S/C11H9N3O3/c15-9-5-7(6-13-17)14-10(11(9)16)8-3-1-2-4-12-8/h1-6,16-17H,(H,14,15)/b13-6+. The third-order valence-electron chi connectivity index (χ3n) is 2.14. The molecule has 0 saturated carbocycles. The van der Waals surface area contributed by atoms with Gasteiger partial charge in [-0.15, -0.1) is 0 Å². The summed E-state index contributed by atoms with van der Waals surface area (Å²) in [5.41, 5.74) is 0.318. The van der Waals surface area contributed by atoms with Crippen molar-refractivity contribution < 1.29 is 10.3 Å². The summed E-state index contributed by atoms with van der Waals surface area (Å²) in [5, 5.41) is 20.9. The van der Waals surface area contributed by atoms with Gasteiger partial charge in [-0.25, -0.2) is 0 Å². The van der Waals surface area contributed by atoms with E-state index in [9.17, 15) is 9.90 Å². The van der Waals surface area contributed by atoms with Crippen LogP contribution in [-0.4, -0.2) is 26.5 Å². The Morgan fingerprint density at radius 1 is 1.41 bits per heavy atom. The van der Waals surface area contributed by atoms with E-state index >= 15 is 0 Å². The number of aromatic nitrogens is 2. The van der Waals surface area contributed by atoms with E-state index in [1.54, 1.807) is 24.4 Å². The Kier molecular flexibility index (Phi) is 2.87. The van der Waals surface area contributed by atoms with Crippen LogP contribution in [0.5, 0.6) is 5.75 Å². The Morgan fingerprint density at radius 3 is 2.88 bits per heavy atom. The maximum absolute atomic E-state index is 11.5. The van der Waals surface area contributed by atoms with Gasteiger partial charge in [-0.3, -0.25) is 9.78 Å². The highest BCUT2D eigenvalue weighted by Crippen LogP contribution is 2.21. The van der Waals surface area contributed by atoms with Gasteiger partial charge >= 0.3 is 0 Å². The number of H-pyrrole nitrogens is 1. The van der Waals surface area contributed by atoms with Gasteiger partial charge in [0.2, 0.25) is 5.43 Å². The first-order valence-electron chi connectivity index (χ1n) is 4.77. The molecule has 6 nitrogen and oxygen atoms in total. The molecule has 0 radical (unpaired) electrons. The molecule has 0 spiro atoms. The molecule has 0 aliphatic rings. The maximum atomic E-state index is 11.5. The highest BCUT2D eigenvalue weighted by Gasteiger charge is 2.10. The Bertz CT molecular complexity index is 605. The molecule has 0 aromatic carbocycles. The summed E-state index contributed by atoms with van der Waals surface area (Å²) in [6, 6.07) is 6.22. The molecule has 2 aromatic heterocycles. The van der Waals surface area contributed by atoms with Crippen LogP contribution in [0.3, 0.4) is 0 Å². The number of aromatic amines is 1. The van der Waals surface area contributed by atoms with Crippen LogP contribution in [0.4, 0.5) is 0 Å². The lowest BCUT2D eigenvalue weighted by Crippen LogP contribution is -2.06. The van der Waals surface area contributed by atoms with Crippen molar-refractivity contribution in [3.8, 4) is 17.1 Å². The first kappa shape index (κ1) is 10.9. The average molecular weight is 231 g/mol. The maximum Gasteiger partial charge on any atom is 0.224 e. The number of aromatic hydroxyl groups is 1. The molecular weight excluding hydrogens is 222 g/mol. The predicted molar refractivity (Wildman–Crippen MR) is 61.3 cm³/mol. The molecule has 0 saturated heterocycles. The van der Waals surface area contributed by atoms with E-state index < -0.39 is 11.2 Å². The third-order valence-corrected chi connectivity index (χ3v) is 2.14. The fourth-order valence-electron chi connectivity index (χ4n) is 1.40. The zero-order valence-corrected chi connectivity index (χ0v) is 8.66. The lowest BCUT2D eigenvalue weighted by atomic mass is 10.2. The number of pyridine rings is 2. The molecule has 0 amide bonds. The van der Waals surface area contributed by atoms with Crippen molar-refractivity contribution >= 4 is 6.21 Å². The molecule has 0 aliphatic carbocycles. The van der Waals surface area contributed by atoms with Gasteiger partial charge < -0.3 is 15.3 Å². The lowest BCUT2D eigenvalue weighted by molar-refractivity contribution is 0.321. The molecule has 17 heavy (non-hydrogen) atoms. The van der Waals surface area contributed by atoms with E-state index in [2.05, 4.69) is 15.1 Å². The molecule has 0 fully saturated rings. The molecule has 2 rings (SSSR count). The third kappa shape index (κ3) is 2.15. The monoisotopic (exact) mass is 231 g/mol. The van der Waals surface area contributed by atoms with Crippen molar-refractivity contribution in [1.82, 2.24) is 9.97 Å². The van der Waals surface area contributed by atoms with Crippen molar-refractivity contribution in [2.24, 2.45) is 5.16 Å². The number of hydrogen-bond acceptors (Lipinski definition) is 5. The number of oxime groups is 1. The second kappa shape index (κ2) is 4.48. The highest BCUT2D eigenvalue weighted by atomic mass is 16.4. The van der Waals surface area contributed by atoms with Crippen LogP contribution in [0.15, 0.2) is 40.4 Å². The zero-order chi connectivity index (χ0) is 12.3. The van der Waals surface area contributed by atoms with Crippen LogP contribution in [-0.2, 0) is 0 Å². The van der Waals surface area contributed by atoms with Gasteiger partial charge in [0, 0.05) is 12.3 Å². The molecule has 0 atom stereocenters. The van der Waals surface area contributed by atoms with E-state index in [-0.39, 0.29) is 11.4 Å². The summed E-state index contributed by atoms with van der Waals surface area (Å²) in [6.07, 6.45) is 2.60. The molecule has 2 aromatic rings. The first-order chi connectivity index (χ1) is 8.22. The Balaban J connectivity index is 2.65. The van der Waals surface area contributed by atoms with Gasteiger partial charge in [0.05, 0.1) is 17.6 Å². The number of rotatable bonds is 2. The van der Waals surface area contributed by atoms with E-state index in [1.807, 2.05) is 0 Å². The summed E-state index contributed by atoms with van der Waals surface area (Å²) in [6.45, 7) is 0. The normalized spacial score (nSPS) is 10.8. The zero-order valence-electron chi connectivity index (χ0n) is 8.66. The quantitative estimate of drug-likeness (QED) is 0.407. The molecule has 2 heterocycles. The van der Waals surface area contributed by atoms with Crippen molar-refractivity contribution in [2.45, 2.75) is 0 Å². The van der Waals surface area contributed by atoms with E-state index in [0.717, 1.165) is 12.3 Å². The van der Waals surface area contributed by atoms with Gasteiger partial charge in [0.1, 0.15) is 5.69 Å². The average Bonchev–Trinajstić information content (AvgIpc) is 2.35. The second-order valence-electron chi connectivity index (χ2n) is 3.27. The molecule has 6 heteroatoms. The van der Waals surface area contributed by atoms with Crippen LogP contribution < -0.4 is 5.43 Å². The predicted octanol–water partition coefficient (Wildman–Crippen LogP) is 0.951. The molecular formula is C11H9N3O3. The van der Waals surface area contributed by atoms with Crippen molar-refractivity contribution in [3.05, 3.63) is 46.4 Å². The largest absolute Gasteiger partial charge is 0.503 e. The summed E-state index contributed by atoms with van der Waals surface area (Å²) in [4.78, 5) is 18.2. The summed E-state index contributed by atoms with van der Waals surface area (Å²) < 4.78 is 0.